The van der Waals surface area contributed by atoms with Gasteiger partial charge in [0.25, 0.3) is 5.91 Å². The van der Waals surface area contributed by atoms with Crippen LogP contribution in [0.2, 0.25) is 0 Å². The molecule has 0 spiro atoms. The number of rotatable bonds is 3. The Labute approximate surface area is 146 Å². The van der Waals surface area contributed by atoms with E-state index in [-0.39, 0.29) is 29.1 Å². The standard InChI is InChI=1S/C21H21F2NO/c1-13(2)24-14(3)12-17(15-8-4-6-10-18(15)22)20(21(24)25)16-9-5-7-11-19(16)23/h4-11,13-14H,12H2,1-3H3/t14-/m1/s1. The molecule has 1 aliphatic rings. The molecule has 0 aromatic heterocycles. The lowest BCUT2D eigenvalue weighted by atomic mass is 9.85. The Morgan fingerprint density at radius 3 is 2.00 bits per heavy atom. The van der Waals surface area contributed by atoms with Gasteiger partial charge in [0, 0.05) is 23.2 Å². The Morgan fingerprint density at radius 2 is 1.48 bits per heavy atom. The molecule has 0 aliphatic carbocycles. The summed E-state index contributed by atoms with van der Waals surface area (Å²) in [6, 6.07) is 12.4. The summed E-state index contributed by atoms with van der Waals surface area (Å²) in [5.41, 5.74) is 1.42. The molecular formula is C21H21F2NO. The molecule has 0 radical (unpaired) electrons. The molecule has 4 heteroatoms. The van der Waals surface area contributed by atoms with E-state index in [1.807, 2.05) is 20.8 Å². The maximum Gasteiger partial charge on any atom is 0.255 e. The van der Waals surface area contributed by atoms with Crippen LogP contribution in [0, 0.1) is 11.6 Å². The van der Waals surface area contributed by atoms with E-state index in [1.54, 1.807) is 41.3 Å². The first-order valence-electron chi connectivity index (χ1n) is 8.47. The summed E-state index contributed by atoms with van der Waals surface area (Å²) >= 11 is 0. The number of hydrogen-bond donors (Lipinski definition) is 0. The van der Waals surface area contributed by atoms with Gasteiger partial charge in [-0.25, -0.2) is 8.78 Å². The summed E-state index contributed by atoms with van der Waals surface area (Å²) in [6.07, 6.45) is 0.481. The Morgan fingerprint density at radius 1 is 0.960 bits per heavy atom. The van der Waals surface area contributed by atoms with Crippen LogP contribution < -0.4 is 0 Å². The summed E-state index contributed by atoms with van der Waals surface area (Å²) in [5.74, 6) is -1.13. The van der Waals surface area contributed by atoms with Crippen molar-refractivity contribution in [1.29, 1.82) is 0 Å². The van der Waals surface area contributed by atoms with Crippen LogP contribution in [0.4, 0.5) is 8.78 Å². The molecule has 2 aromatic carbocycles. The van der Waals surface area contributed by atoms with E-state index >= 15 is 0 Å². The molecule has 25 heavy (non-hydrogen) atoms. The normalized spacial score (nSPS) is 18.2. The number of hydrogen-bond acceptors (Lipinski definition) is 1. The van der Waals surface area contributed by atoms with Crippen molar-refractivity contribution in [3.05, 3.63) is 71.3 Å². The Balaban J connectivity index is 2.29. The Kier molecular flexibility index (Phi) is 4.71. The summed E-state index contributed by atoms with van der Waals surface area (Å²) in [7, 11) is 0. The van der Waals surface area contributed by atoms with Crippen LogP contribution in [0.15, 0.2) is 48.5 Å². The second-order valence-corrected chi connectivity index (χ2v) is 6.67. The van der Waals surface area contributed by atoms with Crippen LogP contribution in [0.25, 0.3) is 11.1 Å². The van der Waals surface area contributed by atoms with Gasteiger partial charge in [-0.15, -0.1) is 0 Å². The van der Waals surface area contributed by atoms with Crippen molar-refractivity contribution in [3.63, 3.8) is 0 Å². The maximum absolute atomic E-state index is 14.5. The van der Waals surface area contributed by atoms with Gasteiger partial charge < -0.3 is 4.90 Å². The van der Waals surface area contributed by atoms with Gasteiger partial charge in [-0.05, 0) is 44.9 Å². The smallest absolute Gasteiger partial charge is 0.255 e. The maximum atomic E-state index is 14.5. The summed E-state index contributed by atoms with van der Waals surface area (Å²) < 4.78 is 28.9. The van der Waals surface area contributed by atoms with Gasteiger partial charge in [-0.3, -0.25) is 4.79 Å². The lowest BCUT2D eigenvalue weighted by molar-refractivity contribution is -0.129. The van der Waals surface area contributed by atoms with Gasteiger partial charge >= 0.3 is 0 Å². The van der Waals surface area contributed by atoms with Crippen LogP contribution in [-0.2, 0) is 4.79 Å². The van der Waals surface area contributed by atoms with Crippen LogP contribution in [0.3, 0.4) is 0 Å². The molecule has 1 atom stereocenters. The third kappa shape index (κ3) is 3.09. The average Bonchev–Trinajstić information content (AvgIpc) is 2.55. The number of amides is 1. The van der Waals surface area contributed by atoms with E-state index in [9.17, 15) is 13.6 Å². The van der Waals surface area contributed by atoms with Crippen molar-refractivity contribution in [2.24, 2.45) is 0 Å². The van der Waals surface area contributed by atoms with Crippen molar-refractivity contribution in [2.45, 2.75) is 39.3 Å². The predicted molar refractivity (Wildman–Crippen MR) is 95.7 cm³/mol. The SMILES string of the molecule is CC(C)N1C(=O)C(c2ccccc2F)=C(c2ccccc2F)C[C@H]1C. The second-order valence-electron chi connectivity index (χ2n) is 6.67. The first-order chi connectivity index (χ1) is 11.9. The lowest BCUT2D eigenvalue weighted by Crippen LogP contribution is -2.46. The molecule has 0 saturated heterocycles. The highest BCUT2D eigenvalue weighted by atomic mass is 19.1. The second kappa shape index (κ2) is 6.79. The van der Waals surface area contributed by atoms with Gasteiger partial charge in [-0.1, -0.05) is 36.4 Å². The van der Waals surface area contributed by atoms with Crippen LogP contribution >= 0.6 is 0 Å². The first kappa shape index (κ1) is 17.3. The monoisotopic (exact) mass is 341 g/mol. The topological polar surface area (TPSA) is 20.3 Å². The molecule has 0 bridgehead atoms. The largest absolute Gasteiger partial charge is 0.333 e. The molecule has 1 heterocycles. The molecule has 1 aliphatic heterocycles. The number of carbonyl (C=O) groups excluding carboxylic acids is 1. The van der Waals surface area contributed by atoms with Crippen molar-refractivity contribution >= 4 is 17.1 Å². The zero-order valence-corrected chi connectivity index (χ0v) is 14.6. The van der Waals surface area contributed by atoms with E-state index in [1.165, 1.54) is 12.1 Å². The fraction of sp³-hybridized carbons (Fsp3) is 0.286. The third-order valence-corrected chi connectivity index (χ3v) is 4.62. The zero-order chi connectivity index (χ0) is 18.1. The minimum absolute atomic E-state index is 0.0218. The van der Waals surface area contributed by atoms with Crippen molar-refractivity contribution in [2.75, 3.05) is 0 Å². The number of halogens is 2. The molecule has 0 saturated carbocycles. The molecule has 0 N–H and O–H groups in total. The van der Waals surface area contributed by atoms with E-state index in [0.717, 1.165) is 0 Å². The van der Waals surface area contributed by atoms with Crippen molar-refractivity contribution < 1.29 is 13.6 Å². The Hall–Kier alpha value is -2.49. The molecule has 1 amide bonds. The predicted octanol–water partition coefficient (Wildman–Crippen LogP) is 4.90. The van der Waals surface area contributed by atoms with Crippen LogP contribution in [-0.4, -0.2) is 22.9 Å². The van der Waals surface area contributed by atoms with Crippen molar-refractivity contribution in [1.82, 2.24) is 4.90 Å². The molecule has 0 fully saturated rings. The van der Waals surface area contributed by atoms with E-state index < -0.39 is 11.6 Å². The van der Waals surface area contributed by atoms with Gasteiger partial charge in [0.2, 0.25) is 0 Å². The first-order valence-corrected chi connectivity index (χ1v) is 8.47. The summed E-state index contributed by atoms with van der Waals surface area (Å²) in [4.78, 5) is 14.9. The highest BCUT2D eigenvalue weighted by Gasteiger charge is 2.36. The number of benzene rings is 2. The average molecular weight is 341 g/mol. The zero-order valence-electron chi connectivity index (χ0n) is 14.6. The highest BCUT2D eigenvalue weighted by molar-refractivity contribution is 6.28. The summed E-state index contributed by atoms with van der Waals surface area (Å²) in [6.45, 7) is 5.81. The lowest BCUT2D eigenvalue weighted by Gasteiger charge is -2.39. The van der Waals surface area contributed by atoms with Gasteiger partial charge in [0.15, 0.2) is 0 Å². The van der Waals surface area contributed by atoms with Crippen molar-refractivity contribution in [3.8, 4) is 0 Å². The minimum atomic E-state index is -0.474. The van der Waals surface area contributed by atoms with Crippen LogP contribution in [0.1, 0.15) is 38.3 Å². The number of nitrogens with zero attached hydrogens (tertiary/aromatic N) is 1. The quantitative estimate of drug-likeness (QED) is 0.777. The fourth-order valence-corrected chi connectivity index (χ4v) is 3.59. The molecule has 2 aromatic rings. The highest BCUT2D eigenvalue weighted by Crippen LogP contribution is 2.39. The molecule has 0 unspecified atom stereocenters. The minimum Gasteiger partial charge on any atom is -0.333 e. The molecule has 2 nitrogen and oxygen atoms in total. The molecular weight excluding hydrogens is 320 g/mol. The third-order valence-electron chi connectivity index (χ3n) is 4.62. The van der Waals surface area contributed by atoms with E-state index in [4.69, 9.17) is 0 Å². The van der Waals surface area contributed by atoms with E-state index in [0.29, 0.717) is 17.6 Å². The van der Waals surface area contributed by atoms with Gasteiger partial charge in [-0.2, -0.15) is 0 Å². The van der Waals surface area contributed by atoms with E-state index in [2.05, 4.69) is 0 Å². The molecule has 3 rings (SSSR count). The van der Waals surface area contributed by atoms with Gasteiger partial charge in [0.1, 0.15) is 11.6 Å². The Bertz CT molecular complexity index is 841. The van der Waals surface area contributed by atoms with Crippen LogP contribution in [0.5, 0.6) is 0 Å². The fourth-order valence-electron chi connectivity index (χ4n) is 3.59. The van der Waals surface area contributed by atoms with Gasteiger partial charge in [0.05, 0.1) is 5.57 Å². The summed E-state index contributed by atoms with van der Waals surface area (Å²) in [5, 5.41) is 0. The molecule has 130 valence electrons. The number of carbonyl (C=O) groups is 1.